The molecule has 94 valence electrons. The van der Waals surface area contributed by atoms with Gasteiger partial charge in [0.2, 0.25) is 5.91 Å². The predicted molar refractivity (Wildman–Crippen MR) is 70.6 cm³/mol. The van der Waals surface area contributed by atoms with Crippen LogP contribution in [0.2, 0.25) is 0 Å². The molecule has 1 aromatic carbocycles. The molecule has 0 aliphatic rings. The molecule has 1 heterocycles. The van der Waals surface area contributed by atoms with Crippen LogP contribution in [-0.4, -0.2) is 29.1 Å². The Morgan fingerprint density at radius 3 is 3.00 bits per heavy atom. The predicted octanol–water partition coefficient (Wildman–Crippen LogP) is 1.49. The summed E-state index contributed by atoms with van der Waals surface area (Å²) in [6.45, 7) is 2.63. The van der Waals surface area contributed by atoms with E-state index in [-0.39, 0.29) is 18.2 Å². The van der Waals surface area contributed by atoms with E-state index in [1.807, 2.05) is 19.1 Å². The zero-order valence-corrected chi connectivity index (χ0v) is 10.1. The van der Waals surface area contributed by atoms with Crippen molar-refractivity contribution >= 4 is 22.5 Å². The van der Waals surface area contributed by atoms with Crippen molar-refractivity contribution in [3.8, 4) is 5.75 Å². The second kappa shape index (κ2) is 5.35. The highest BCUT2D eigenvalue weighted by Crippen LogP contribution is 2.24. The molecule has 0 bridgehead atoms. The average Bonchev–Trinajstić information content (AvgIpc) is 2.36. The number of phenols is 1. The van der Waals surface area contributed by atoms with E-state index in [2.05, 4.69) is 15.6 Å². The Labute approximate surface area is 105 Å². The van der Waals surface area contributed by atoms with Crippen LogP contribution in [0.5, 0.6) is 5.75 Å². The minimum Gasteiger partial charge on any atom is -0.508 e. The third kappa shape index (κ3) is 2.68. The zero-order chi connectivity index (χ0) is 13.0. The van der Waals surface area contributed by atoms with Crippen LogP contribution in [0.1, 0.15) is 6.92 Å². The van der Waals surface area contributed by atoms with E-state index in [9.17, 15) is 9.90 Å². The Kier molecular flexibility index (Phi) is 3.62. The highest BCUT2D eigenvalue weighted by molar-refractivity contribution is 5.94. The summed E-state index contributed by atoms with van der Waals surface area (Å²) in [4.78, 5) is 15.5. The molecular formula is C13H15N3O2. The first-order valence-electron chi connectivity index (χ1n) is 5.79. The van der Waals surface area contributed by atoms with Gasteiger partial charge in [0.05, 0.1) is 6.54 Å². The molecule has 2 aromatic rings. The lowest BCUT2D eigenvalue weighted by molar-refractivity contribution is -0.119. The third-order valence-electron chi connectivity index (χ3n) is 2.54. The highest BCUT2D eigenvalue weighted by Gasteiger charge is 2.05. The molecule has 1 aromatic heterocycles. The molecule has 5 nitrogen and oxygen atoms in total. The lowest BCUT2D eigenvalue weighted by Gasteiger charge is -2.08. The Morgan fingerprint density at radius 1 is 1.39 bits per heavy atom. The van der Waals surface area contributed by atoms with E-state index in [0.29, 0.717) is 12.4 Å². The van der Waals surface area contributed by atoms with Crippen LogP contribution in [0.25, 0.3) is 10.8 Å². The van der Waals surface area contributed by atoms with Crippen molar-refractivity contribution in [3.63, 3.8) is 0 Å². The molecule has 0 atom stereocenters. The lowest BCUT2D eigenvalue weighted by Crippen LogP contribution is -2.29. The number of nitrogens with zero attached hydrogens (tertiary/aromatic N) is 1. The largest absolute Gasteiger partial charge is 0.508 e. The van der Waals surface area contributed by atoms with E-state index in [1.165, 1.54) is 0 Å². The number of hydrogen-bond donors (Lipinski definition) is 3. The summed E-state index contributed by atoms with van der Waals surface area (Å²) < 4.78 is 0. The van der Waals surface area contributed by atoms with Crippen molar-refractivity contribution in [2.45, 2.75) is 6.92 Å². The summed E-state index contributed by atoms with van der Waals surface area (Å²) in [5, 5.41) is 16.9. The number of likely N-dealkylation sites (N-methyl/N-ethyl adjacent to an activating group) is 1. The molecule has 2 rings (SSSR count). The summed E-state index contributed by atoms with van der Waals surface area (Å²) in [5.41, 5.74) is 0. The number of rotatable bonds is 4. The molecule has 0 saturated heterocycles. The van der Waals surface area contributed by atoms with Crippen molar-refractivity contribution in [3.05, 3.63) is 30.5 Å². The monoisotopic (exact) mass is 245 g/mol. The van der Waals surface area contributed by atoms with Gasteiger partial charge in [0.1, 0.15) is 11.6 Å². The molecule has 0 fully saturated rings. The van der Waals surface area contributed by atoms with Crippen molar-refractivity contribution in [1.29, 1.82) is 0 Å². The minimum absolute atomic E-state index is 0.0866. The minimum atomic E-state index is -0.0866. The smallest absolute Gasteiger partial charge is 0.239 e. The fourth-order valence-corrected chi connectivity index (χ4v) is 1.72. The van der Waals surface area contributed by atoms with Crippen molar-refractivity contribution in [1.82, 2.24) is 10.3 Å². The van der Waals surface area contributed by atoms with E-state index >= 15 is 0 Å². The van der Waals surface area contributed by atoms with Gasteiger partial charge in [-0.1, -0.05) is 6.07 Å². The number of amides is 1. The Bertz CT molecular complexity index is 569. The molecule has 0 radical (unpaired) electrons. The fourth-order valence-electron chi connectivity index (χ4n) is 1.72. The number of aromatic nitrogens is 1. The second-order valence-corrected chi connectivity index (χ2v) is 3.87. The van der Waals surface area contributed by atoms with E-state index in [0.717, 1.165) is 10.8 Å². The summed E-state index contributed by atoms with van der Waals surface area (Å²) in [6.07, 6.45) is 1.67. The van der Waals surface area contributed by atoms with Gasteiger partial charge >= 0.3 is 0 Å². The first-order chi connectivity index (χ1) is 8.70. The van der Waals surface area contributed by atoms with Crippen molar-refractivity contribution < 1.29 is 9.90 Å². The van der Waals surface area contributed by atoms with E-state index in [4.69, 9.17) is 0 Å². The third-order valence-corrected chi connectivity index (χ3v) is 2.54. The maximum Gasteiger partial charge on any atom is 0.239 e. The quantitative estimate of drug-likeness (QED) is 0.763. The number of nitrogens with one attached hydrogen (secondary N) is 2. The van der Waals surface area contributed by atoms with Crippen LogP contribution < -0.4 is 10.6 Å². The van der Waals surface area contributed by atoms with Gasteiger partial charge in [0.15, 0.2) is 0 Å². The van der Waals surface area contributed by atoms with Crippen molar-refractivity contribution in [2.24, 2.45) is 0 Å². The summed E-state index contributed by atoms with van der Waals surface area (Å²) in [7, 11) is 0. The van der Waals surface area contributed by atoms with Gasteiger partial charge < -0.3 is 15.7 Å². The van der Waals surface area contributed by atoms with Gasteiger partial charge in [-0.25, -0.2) is 4.98 Å². The average molecular weight is 245 g/mol. The van der Waals surface area contributed by atoms with Crippen LogP contribution in [-0.2, 0) is 4.79 Å². The number of phenolic OH excluding ortho intramolecular Hbond substituents is 1. The first kappa shape index (κ1) is 12.2. The fraction of sp³-hybridized carbons (Fsp3) is 0.231. The molecule has 0 aliphatic carbocycles. The summed E-state index contributed by atoms with van der Waals surface area (Å²) >= 11 is 0. The van der Waals surface area contributed by atoms with Gasteiger partial charge in [-0.2, -0.15) is 0 Å². The van der Waals surface area contributed by atoms with Gasteiger partial charge in [-0.3, -0.25) is 4.79 Å². The molecule has 0 spiro atoms. The number of carbonyl (C=O) groups is 1. The molecule has 0 saturated carbocycles. The number of fused-ring (bicyclic) bond motifs is 1. The molecule has 1 amide bonds. The van der Waals surface area contributed by atoms with Crippen LogP contribution >= 0.6 is 0 Å². The second-order valence-electron chi connectivity index (χ2n) is 3.87. The Balaban J connectivity index is 2.22. The standard InChI is InChI=1S/C13H15N3O2/c1-2-14-12(18)8-16-13-11-7-10(17)4-3-9(11)5-6-15-13/h3-7,17H,2,8H2,1H3,(H,14,18)(H,15,16). The maximum absolute atomic E-state index is 11.4. The zero-order valence-electron chi connectivity index (χ0n) is 10.1. The SMILES string of the molecule is CCNC(=O)CNc1nccc2ccc(O)cc12. The topological polar surface area (TPSA) is 74.2 Å². The van der Waals surface area contributed by atoms with Crippen LogP contribution in [0, 0.1) is 0 Å². The van der Waals surface area contributed by atoms with Crippen LogP contribution in [0.3, 0.4) is 0 Å². The van der Waals surface area contributed by atoms with Crippen molar-refractivity contribution in [2.75, 3.05) is 18.4 Å². The Morgan fingerprint density at radius 2 is 2.22 bits per heavy atom. The number of hydrogen-bond acceptors (Lipinski definition) is 4. The number of benzene rings is 1. The number of pyridine rings is 1. The van der Waals surface area contributed by atoms with Crippen LogP contribution in [0.4, 0.5) is 5.82 Å². The normalized spacial score (nSPS) is 10.3. The van der Waals surface area contributed by atoms with Gasteiger partial charge in [0, 0.05) is 18.1 Å². The first-order valence-corrected chi connectivity index (χ1v) is 5.79. The van der Waals surface area contributed by atoms with Gasteiger partial charge in [-0.15, -0.1) is 0 Å². The highest BCUT2D eigenvalue weighted by atomic mass is 16.3. The Hall–Kier alpha value is -2.30. The number of aromatic hydroxyl groups is 1. The van der Waals surface area contributed by atoms with Gasteiger partial charge in [-0.05, 0) is 30.5 Å². The molecule has 3 N–H and O–H groups in total. The van der Waals surface area contributed by atoms with E-state index in [1.54, 1.807) is 18.3 Å². The molecule has 0 aliphatic heterocycles. The summed E-state index contributed by atoms with van der Waals surface area (Å²) in [6, 6.07) is 6.91. The van der Waals surface area contributed by atoms with E-state index < -0.39 is 0 Å². The summed E-state index contributed by atoms with van der Waals surface area (Å²) in [5.74, 6) is 0.683. The molecular weight excluding hydrogens is 230 g/mol. The maximum atomic E-state index is 11.4. The lowest BCUT2D eigenvalue weighted by atomic mass is 10.1. The van der Waals surface area contributed by atoms with Gasteiger partial charge in [0.25, 0.3) is 0 Å². The molecule has 0 unspecified atom stereocenters. The number of anilines is 1. The molecule has 5 heteroatoms. The molecule has 18 heavy (non-hydrogen) atoms. The number of carbonyl (C=O) groups excluding carboxylic acids is 1. The van der Waals surface area contributed by atoms with Crippen LogP contribution in [0.15, 0.2) is 30.5 Å².